The summed E-state index contributed by atoms with van der Waals surface area (Å²) >= 11 is 5.76. The number of sulfonamides is 1. The Hall–Kier alpha value is -1.47. The van der Waals surface area contributed by atoms with Crippen molar-refractivity contribution >= 4 is 21.6 Å². The average molecular weight is 395 g/mol. The first kappa shape index (κ1) is 17.9. The number of rotatable bonds is 3. The number of benzene rings is 2. The predicted octanol–water partition coefficient (Wildman–Crippen LogP) is 3.30. The molecule has 1 atom stereocenters. The van der Waals surface area contributed by atoms with E-state index in [0.29, 0.717) is 13.1 Å². The average Bonchev–Trinajstić information content (AvgIpc) is 3.14. The van der Waals surface area contributed by atoms with Gasteiger partial charge in [-0.05, 0) is 42.2 Å². The molecule has 0 saturated carbocycles. The van der Waals surface area contributed by atoms with E-state index in [1.807, 2.05) is 6.07 Å². The van der Waals surface area contributed by atoms with E-state index in [4.69, 9.17) is 11.6 Å². The quantitative estimate of drug-likeness (QED) is 0.802. The van der Waals surface area contributed by atoms with Crippen LogP contribution in [0.25, 0.3) is 0 Å². The van der Waals surface area contributed by atoms with Gasteiger partial charge in [-0.2, -0.15) is 4.31 Å². The molecule has 1 fully saturated rings. The minimum absolute atomic E-state index is 0.0496. The standard InChI is InChI=1S/C19H20ClFN2O2S/c20-18-11-17(5-6-19(18)21)26(24,25)23-10-8-16(13-23)22-9-7-14-3-1-2-4-15(14)12-22/h1-6,11,16H,7-10,12-13H2. The van der Waals surface area contributed by atoms with Gasteiger partial charge in [-0.3, -0.25) is 4.90 Å². The van der Waals surface area contributed by atoms with Crippen molar-refractivity contribution in [2.45, 2.75) is 30.3 Å². The molecule has 2 aliphatic heterocycles. The van der Waals surface area contributed by atoms with Gasteiger partial charge in [-0.25, -0.2) is 12.8 Å². The largest absolute Gasteiger partial charge is 0.294 e. The van der Waals surface area contributed by atoms with Gasteiger partial charge in [0.1, 0.15) is 5.82 Å². The normalized spacial score (nSPS) is 21.7. The fourth-order valence-corrected chi connectivity index (χ4v) is 5.61. The first-order chi connectivity index (χ1) is 12.4. The SMILES string of the molecule is O=S(=O)(c1ccc(F)c(Cl)c1)N1CCC(N2CCc3ccccc3C2)C1. The Kier molecular flexibility index (Phi) is 4.77. The van der Waals surface area contributed by atoms with E-state index in [1.54, 1.807) is 0 Å². The molecule has 4 rings (SSSR count). The molecular weight excluding hydrogens is 375 g/mol. The first-order valence-electron chi connectivity index (χ1n) is 8.71. The smallest absolute Gasteiger partial charge is 0.243 e. The molecule has 0 bridgehead atoms. The zero-order chi connectivity index (χ0) is 18.3. The van der Waals surface area contributed by atoms with Crippen molar-refractivity contribution in [2.75, 3.05) is 19.6 Å². The Morgan fingerprint density at radius 1 is 1.08 bits per heavy atom. The van der Waals surface area contributed by atoms with Crippen molar-refractivity contribution in [1.82, 2.24) is 9.21 Å². The van der Waals surface area contributed by atoms with Gasteiger partial charge in [-0.15, -0.1) is 0 Å². The van der Waals surface area contributed by atoms with E-state index in [0.717, 1.165) is 32.0 Å². The number of halogens is 2. The second-order valence-corrected chi connectivity index (χ2v) is 9.22. The third kappa shape index (κ3) is 3.27. The lowest BCUT2D eigenvalue weighted by Crippen LogP contribution is -2.41. The molecule has 0 aliphatic carbocycles. The highest BCUT2D eigenvalue weighted by atomic mass is 35.5. The Morgan fingerprint density at radius 2 is 1.85 bits per heavy atom. The molecule has 138 valence electrons. The summed E-state index contributed by atoms with van der Waals surface area (Å²) in [7, 11) is -3.65. The Labute approximate surface area is 158 Å². The summed E-state index contributed by atoms with van der Waals surface area (Å²) in [6, 6.07) is 12.2. The van der Waals surface area contributed by atoms with Gasteiger partial charge in [0.2, 0.25) is 10.0 Å². The number of nitrogens with zero attached hydrogens (tertiary/aromatic N) is 2. The van der Waals surface area contributed by atoms with Crippen molar-refractivity contribution < 1.29 is 12.8 Å². The van der Waals surface area contributed by atoms with Crippen LogP contribution in [-0.4, -0.2) is 43.3 Å². The van der Waals surface area contributed by atoms with Crippen LogP contribution < -0.4 is 0 Å². The van der Waals surface area contributed by atoms with Crippen LogP contribution in [0.1, 0.15) is 17.5 Å². The van der Waals surface area contributed by atoms with Crippen LogP contribution in [0.2, 0.25) is 5.02 Å². The van der Waals surface area contributed by atoms with Crippen molar-refractivity contribution in [1.29, 1.82) is 0 Å². The molecule has 1 unspecified atom stereocenters. The molecule has 26 heavy (non-hydrogen) atoms. The highest BCUT2D eigenvalue weighted by molar-refractivity contribution is 7.89. The minimum atomic E-state index is -3.65. The van der Waals surface area contributed by atoms with E-state index >= 15 is 0 Å². The molecule has 0 radical (unpaired) electrons. The Balaban J connectivity index is 1.49. The fraction of sp³-hybridized carbons (Fsp3) is 0.368. The lowest BCUT2D eigenvalue weighted by Gasteiger charge is -2.33. The van der Waals surface area contributed by atoms with Crippen LogP contribution in [0.5, 0.6) is 0 Å². The van der Waals surface area contributed by atoms with Crippen LogP contribution in [0.4, 0.5) is 4.39 Å². The highest BCUT2D eigenvalue weighted by Gasteiger charge is 2.36. The molecule has 0 spiro atoms. The Bertz CT molecular complexity index is 935. The summed E-state index contributed by atoms with van der Waals surface area (Å²) in [5.74, 6) is -0.614. The van der Waals surface area contributed by atoms with E-state index < -0.39 is 15.8 Å². The molecule has 0 aromatic heterocycles. The number of fused-ring (bicyclic) bond motifs is 1. The maximum Gasteiger partial charge on any atom is 0.243 e. The summed E-state index contributed by atoms with van der Waals surface area (Å²) in [6.45, 7) is 2.73. The topological polar surface area (TPSA) is 40.6 Å². The Morgan fingerprint density at radius 3 is 2.62 bits per heavy atom. The minimum Gasteiger partial charge on any atom is -0.294 e. The maximum absolute atomic E-state index is 13.3. The summed E-state index contributed by atoms with van der Waals surface area (Å²) < 4.78 is 40.5. The first-order valence-corrected chi connectivity index (χ1v) is 10.5. The van der Waals surface area contributed by atoms with Crippen LogP contribution in [-0.2, 0) is 23.0 Å². The molecule has 1 saturated heterocycles. The monoisotopic (exact) mass is 394 g/mol. The molecule has 2 aliphatic rings. The summed E-state index contributed by atoms with van der Waals surface area (Å²) in [5.41, 5.74) is 2.71. The molecule has 4 nitrogen and oxygen atoms in total. The van der Waals surface area contributed by atoms with Gasteiger partial charge in [0.15, 0.2) is 0 Å². The van der Waals surface area contributed by atoms with Gasteiger partial charge in [-0.1, -0.05) is 35.9 Å². The van der Waals surface area contributed by atoms with E-state index in [2.05, 4.69) is 23.1 Å². The molecule has 2 aromatic rings. The van der Waals surface area contributed by atoms with Gasteiger partial charge >= 0.3 is 0 Å². The van der Waals surface area contributed by atoms with Gasteiger partial charge in [0.25, 0.3) is 0 Å². The van der Waals surface area contributed by atoms with E-state index in [-0.39, 0.29) is 16.0 Å². The van der Waals surface area contributed by atoms with E-state index in [9.17, 15) is 12.8 Å². The van der Waals surface area contributed by atoms with Crippen LogP contribution in [0.15, 0.2) is 47.4 Å². The van der Waals surface area contributed by atoms with Gasteiger partial charge < -0.3 is 0 Å². The van der Waals surface area contributed by atoms with Crippen molar-refractivity contribution in [3.05, 3.63) is 64.4 Å². The summed E-state index contributed by atoms with van der Waals surface area (Å²) in [6.07, 6.45) is 1.79. The van der Waals surface area contributed by atoms with Crippen molar-refractivity contribution in [3.63, 3.8) is 0 Å². The number of hydrogen-bond acceptors (Lipinski definition) is 3. The second kappa shape index (κ2) is 6.93. The second-order valence-electron chi connectivity index (χ2n) is 6.87. The molecule has 0 amide bonds. The lowest BCUT2D eigenvalue weighted by molar-refractivity contribution is 0.185. The van der Waals surface area contributed by atoms with E-state index in [1.165, 1.54) is 27.6 Å². The zero-order valence-corrected chi connectivity index (χ0v) is 15.8. The predicted molar refractivity (Wildman–Crippen MR) is 99.1 cm³/mol. The van der Waals surface area contributed by atoms with Gasteiger partial charge in [0, 0.05) is 32.2 Å². The summed E-state index contributed by atoms with van der Waals surface area (Å²) in [4.78, 5) is 2.42. The van der Waals surface area contributed by atoms with Crippen LogP contribution >= 0.6 is 11.6 Å². The molecule has 2 aromatic carbocycles. The van der Waals surface area contributed by atoms with Crippen molar-refractivity contribution in [3.8, 4) is 0 Å². The highest BCUT2D eigenvalue weighted by Crippen LogP contribution is 2.29. The molecule has 0 N–H and O–H groups in total. The van der Waals surface area contributed by atoms with Crippen LogP contribution in [0, 0.1) is 5.82 Å². The summed E-state index contributed by atoms with van der Waals surface area (Å²) in [5, 5.41) is -0.172. The molecule has 7 heteroatoms. The number of hydrogen-bond donors (Lipinski definition) is 0. The molecular formula is C19H20ClFN2O2S. The van der Waals surface area contributed by atoms with Crippen molar-refractivity contribution in [2.24, 2.45) is 0 Å². The molecule has 2 heterocycles. The van der Waals surface area contributed by atoms with Gasteiger partial charge in [0.05, 0.1) is 9.92 Å². The maximum atomic E-state index is 13.3. The lowest BCUT2D eigenvalue weighted by atomic mass is 9.98. The zero-order valence-electron chi connectivity index (χ0n) is 14.2. The van der Waals surface area contributed by atoms with Crippen LogP contribution in [0.3, 0.4) is 0 Å². The third-order valence-electron chi connectivity index (χ3n) is 5.33. The fourth-order valence-electron chi connectivity index (χ4n) is 3.84. The third-order valence-corrected chi connectivity index (χ3v) is 7.48.